The zero-order chi connectivity index (χ0) is 10.6. The monoisotopic (exact) mass is 196 g/mol. The molecule has 2 aliphatic rings. The first-order valence-corrected chi connectivity index (χ1v) is 5.38. The largest absolute Gasteiger partial charge is 0.339 e. The summed E-state index contributed by atoms with van der Waals surface area (Å²) < 4.78 is 0. The lowest BCUT2D eigenvalue weighted by Gasteiger charge is -2.38. The zero-order valence-electron chi connectivity index (χ0n) is 9.18. The van der Waals surface area contributed by atoms with Crippen LogP contribution in [-0.4, -0.2) is 37.0 Å². The van der Waals surface area contributed by atoms with Crippen LogP contribution in [-0.2, 0) is 4.79 Å². The number of nitrogens with one attached hydrogen (secondary N) is 1. The van der Waals surface area contributed by atoms with E-state index < -0.39 is 0 Å². The number of carbonyl (C=O) groups is 1. The third-order valence-electron chi connectivity index (χ3n) is 2.92. The van der Waals surface area contributed by atoms with Gasteiger partial charge >= 0.3 is 0 Å². The van der Waals surface area contributed by atoms with Crippen molar-refractivity contribution in [3.05, 3.63) is 12.7 Å². The molecule has 0 aromatic heterocycles. The molecule has 14 heavy (non-hydrogen) atoms. The number of hydrogen-bond acceptors (Lipinski definition) is 2. The van der Waals surface area contributed by atoms with E-state index in [0.717, 1.165) is 32.6 Å². The Bertz CT molecular complexity index is 221. The number of amides is 1. The van der Waals surface area contributed by atoms with E-state index in [1.807, 2.05) is 18.7 Å². The summed E-state index contributed by atoms with van der Waals surface area (Å²) in [4.78, 5) is 13.1. The normalized spacial score (nSPS) is 22.3. The van der Waals surface area contributed by atoms with Gasteiger partial charge in [0, 0.05) is 31.6 Å². The second-order valence-electron chi connectivity index (χ2n) is 3.82. The summed E-state index contributed by atoms with van der Waals surface area (Å²) in [7, 11) is 0. The van der Waals surface area contributed by atoms with E-state index in [2.05, 4.69) is 11.9 Å². The van der Waals surface area contributed by atoms with Crippen molar-refractivity contribution < 1.29 is 4.79 Å². The van der Waals surface area contributed by atoms with Crippen molar-refractivity contribution in [2.24, 2.45) is 5.41 Å². The molecule has 1 amide bonds. The van der Waals surface area contributed by atoms with E-state index in [1.54, 1.807) is 0 Å². The van der Waals surface area contributed by atoms with Gasteiger partial charge in [0.2, 0.25) is 5.91 Å². The molecule has 0 aromatic carbocycles. The molecular formula is C11H20N2O. The highest BCUT2D eigenvalue weighted by Crippen LogP contribution is 2.33. The standard InChI is InChI=1S/C9H14N2O.C2H6/c1-2-8(12)11-4-3-9(7-11)5-10-6-9;1-2/h2,10H,1,3-7H2;1-2H3. The molecule has 1 spiro atoms. The topological polar surface area (TPSA) is 32.3 Å². The van der Waals surface area contributed by atoms with E-state index in [4.69, 9.17) is 0 Å². The van der Waals surface area contributed by atoms with E-state index >= 15 is 0 Å². The molecule has 3 heteroatoms. The van der Waals surface area contributed by atoms with E-state index in [1.165, 1.54) is 6.08 Å². The Kier molecular flexibility index (Phi) is 3.69. The van der Waals surface area contributed by atoms with Gasteiger partial charge in [-0.1, -0.05) is 20.4 Å². The molecule has 2 aliphatic heterocycles. The Labute approximate surface area is 86.2 Å². The van der Waals surface area contributed by atoms with Crippen LogP contribution in [0.5, 0.6) is 0 Å². The number of rotatable bonds is 1. The molecule has 0 bridgehead atoms. The van der Waals surface area contributed by atoms with Crippen LogP contribution in [0.1, 0.15) is 20.3 Å². The Hall–Kier alpha value is -0.830. The van der Waals surface area contributed by atoms with Crippen LogP contribution in [0.3, 0.4) is 0 Å². The average molecular weight is 196 g/mol. The van der Waals surface area contributed by atoms with Crippen LogP contribution in [0.2, 0.25) is 0 Å². The molecule has 0 aliphatic carbocycles. The van der Waals surface area contributed by atoms with Crippen molar-refractivity contribution in [1.82, 2.24) is 10.2 Å². The van der Waals surface area contributed by atoms with Crippen molar-refractivity contribution in [1.29, 1.82) is 0 Å². The maximum atomic E-state index is 11.2. The van der Waals surface area contributed by atoms with E-state index in [0.29, 0.717) is 5.41 Å². The summed E-state index contributed by atoms with van der Waals surface area (Å²) in [5.41, 5.74) is 0.415. The Balaban J connectivity index is 0.000000461. The smallest absolute Gasteiger partial charge is 0.245 e. The molecular weight excluding hydrogens is 176 g/mol. The van der Waals surface area contributed by atoms with Gasteiger partial charge < -0.3 is 10.2 Å². The first kappa shape index (κ1) is 11.2. The van der Waals surface area contributed by atoms with Crippen LogP contribution in [0.4, 0.5) is 0 Å². The molecule has 2 saturated heterocycles. The summed E-state index contributed by atoms with van der Waals surface area (Å²) in [5, 5.41) is 3.26. The Morgan fingerprint density at radius 1 is 1.50 bits per heavy atom. The van der Waals surface area contributed by atoms with Gasteiger partial charge in [-0.25, -0.2) is 0 Å². The van der Waals surface area contributed by atoms with Gasteiger partial charge in [0.05, 0.1) is 0 Å². The molecule has 0 atom stereocenters. The van der Waals surface area contributed by atoms with E-state index in [-0.39, 0.29) is 5.91 Å². The predicted molar refractivity (Wildman–Crippen MR) is 58.0 cm³/mol. The molecule has 80 valence electrons. The molecule has 0 unspecified atom stereocenters. The Morgan fingerprint density at radius 3 is 2.50 bits per heavy atom. The first-order chi connectivity index (χ1) is 6.76. The molecule has 1 N–H and O–H groups in total. The molecule has 2 rings (SSSR count). The van der Waals surface area contributed by atoms with Crippen molar-refractivity contribution in [2.45, 2.75) is 20.3 Å². The van der Waals surface area contributed by atoms with Crippen LogP contribution in [0.25, 0.3) is 0 Å². The van der Waals surface area contributed by atoms with E-state index in [9.17, 15) is 4.79 Å². The zero-order valence-corrected chi connectivity index (χ0v) is 9.18. The van der Waals surface area contributed by atoms with Crippen LogP contribution in [0.15, 0.2) is 12.7 Å². The lowest BCUT2D eigenvalue weighted by molar-refractivity contribution is -0.125. The summed E-state index contributed by atoms with van der Waals surface area (Å²) >= 11 is 0. The first-order valence-electron chi connectivity index (χ1n) is 5.38. The molecule has 3 nitrogen and oxygen atoms in total. The third kappa shape index (κ3) is 1.98. The van der Waals surface area contributed by atoms with Gasteiger partial charge in [-0.3, -0.25) is 4.79 Å². The summed E-state index contributed by atoms with van der Waals surface area (Å²) in [6.45, 7) is 11.5. The maximum absolute atomic E-state index is 11.2. The number of nitrogens with zero attached hydrogens (tertiary/aromatic N) is 1. The van der Waals surface area contributed by atoms with Gasteiger partial charge in [0.15, 0.2) is 0 Å². The fourth-order valence-electron chi connectivity index (χ4n) is 2.02. The average Bonchev–Trinajstić information content (AvgIpc) is 2.64. The highest BCUT2D eigenvalue weighted by molar-refractivity contribution is 5.87. The number of hydrogen-bond donors (Lipinski definition) is 1. The SMILES string of the molecule is C=CC(=O)N1CCC2(CNC2)C1.CC. The molecule has 2 fully saturated rings. The minimum absolute atomic E-state index is 0.0822. The van der Waals surface area contributed by atoms with Gasteiger partial charge in [0.1, 0.15) is 0 Å². The quantitative estimate of drug-likeness (QED) is 0.635. The van der Waals surface area contributed by atoms with Crippen molar-refractivity contribution in [3.8, 4) is 0 Å². The van der Waals surface area contributed by atoms with Gasteiger partial charge in [-0.05, 0) is 12.5 Å². The minimum Gasteiger partial charge on any atom is -0.339 e. The molecule has 0 saturated carbocycles. The molecule has 2 heterocycles. The fraction of sp³-hybridized carbons (Fsp3) is 0.727. The second-order valence-corrected chi connectivity index (χ2v) is 3.82. The summed E-state index contributed by atoms with van der Waals surface area (Å²) in [6.07, 6.45) is 2.56. The number of carbonyl (C=O) groups excluding carboxylic acids is 1. The van der Waals surface area contributed by atoms with Gasteiger partial charge in [0.25, 0.3) is 0 Å². The molecule has 0 radical (unpaired) electrons. The second kappa shape index (κ2) is 4.60. The van der Waals surface area contributed by atoms with Crippen molar-refractivity contribution in [3.63, 3.8) is 0 Å². The predicted octanol–water partition coefficient (Wildman–Crippen LogP) is 1.02. The highest BCUT2D eigenvalue weighted by atomic mass is 16.2. The minimum atomic E-state index is 0.0822. The fourth-order valence-corrected chi connectivity index (χ4v) is 2.02. The van der Waals surface area contributed by atoms with Crippen LogP contribution >= 0.6 is 0 Å². The van der Waals surface area contributed by atoms with Crippen LogP contribution in [0, 0.1) is 5.41 Å². The summed E-state index contributed by atoms with van der Waals surface area (Å²) in [6, 6.07) is 0. The van der Waals surface area contributed by atoms with Crippen molar-refractivity contribution >= 4 is 5.91 Å². The maximum Gasteiger partial charge on any atom is 0.245 e. The van der Waals surface area contributed by atoms with Gasteiger partial charge in [-0.2, -0.15) is 0 Å². The lowest BCUT2D eigenvalue weighted by atomic mass is 9.81. The molecule has 0 aromatic rings. The number of likely N-dealkylation sites (tertiary alicyclic amines) is 1. The van der Waals surface area contributed by atoms with Crippen molar-refractivity contribution in [2.75, 3.05) is 26.2 Å². The van der Waals surface area contributed by atoms with Gasteiger partial charge in [-0.15, -0.1) is 0 Å². The highest BCUT2D eigenvalue weighted by Gasteiger charge is 2.43. The summed E-state index contributed by atoms with van der Waals surface area (Å²) in [5.74, 6) is 0.0822. The Morgan fingerprint density at radius 2 is 2.14 bits per heavy atom. The lowest BCUT2D eigenvalue weighted by Crippen LogP contribution is -2.54. The van der Waals surface area contributed by atoms with Crippen LogP contribution < -0.4 is 5.32 Å². The third-order valence-corrected chi connectivity index (χ3v) is 2.92.